The van der Waals surface area contributed by atoms with Gasteiger partial charge in [-0.25, -0.2) is 0 Å². The second-order valence-electron chi connectivity index (χ2n) is 3.97. The van der Waals surface area contributed by atoms with Crippen LogP contribution in [0.4, 0.5) is 0 Å². The topological polar surface area (TPSA) is 41.5 Å². The molecule has 3 nitrogen and oxygen atoms in total. The lowest BCUT2D eigenvalue weighted by Gasteiger charge is -2.19. The van der Waals surface area contributed by atoms with Crippen molar-refractivity contribution in [3.05, 3.63) is 47.0 Å². The van der Waals surface area contributed by atoms with Crippen LogP contribution in [0.2, 0.25) is 0 Å². The molecule has 1 aromatic rings. The molecule has 2 N–H and O–H groups in total. The fourth-order valence-electron chi connectivity index (χ4n) is 1.36. The van der Waals surface area contributed by atoms with Crippen LogP contribution in [-0.4, -0.2) is 17.9 Å². The average molecular weight is 300 g/mol. The van der Waals surface area contributed by atoms with Gasteiger partial charge in [0.05, 0.1) is 19.3 Å². The minimum Gasteiger partial charge on any atom is -0.375 e. The van der Waals surface area contributed by atoms with E-state index >= 15 is 0 Å². The van der Waals surface area contributed by atoms with E-state index in [0.717, 1.165) is 10.0 Å². The first kappa shape index (κ1) is 14.4. The van der Waals surface area contributed by atoms with Crippen molar-refractivity contribution in [3.63, 3.8) is 0 Å². The summed E-state index contributed by atoms with van der Waals surface area (Å²) in [5, 5.41) is 8.98. The molecule has 4 heteroatoms. The number of ether oxygens (including phenoxy) is 1. The van der Waals surface area contributed by atoms with E-state index in [2.05, 4.69) is 28.0 Å². The molecule has 1 rings (SSSR count). The summed E-state index contributed by atoms with van der Waals surface area (Å²) >= 11 is 3.38. The molecular weight excluding hydrogens is 282 g/mol. The zero-order valence-electron chi connectivity index (χ0n) is 9.90. The Labute approximate surface area is 111 Å². The Kier molecular flexibility index (Phi) is 6.44. The molecule has 0 heterocycles. The van der Waals surface area contributed by atoms with E-state index in [9.17, 15) is 0 Å². The fourth-order valence-corrected chi connectivity index (χ4v) is 1.62. The van der Waals surface area contributed by atoms with E-state index in [1.54, 1.807) is 6.08 Å². The molecule has 0 spiro atoms. The molecule has 0 aliphatic carbocycles. The summed E-state index contributed by atoms with van der Waals surface area (Å²) in [4.78, 5) is 0. The first-order chi connectivity index (χ1) is 8.17. The van der Waals surface area contributed by atoms with Gasteiger partial charge in [-0.15, -0.1) is 6.58 Å². The molecule has 17 heavy (non-hydrogen) atoms. The van der Waals surface area contributed by atoms with Crippen LogP contribution < -0.4 is 5.48 Å². The van der Waals surface area contributed by atoms with Crippen LogP contribution in [0, 0.1) is 5.92 Å². The Bertz CT molecular complexity index is 340. The lowest BCUT2D eigenvalue weighted by molar-refractivity contribution is 0.0303. The Morgan fingerprint density at radius 2 is 2.12 bits per heavy atom. The van der Waals surface area contributed by atoms with Crippen molar-refractivity contribution < 1.29 is 9.94 Å². The van der Waals surface area contributed by atoms with Gasteiger partial charge in [-0.2, -0.15) is 5.48 Å². The third-order valence-electron chi connectivity index (χ3n) is 2.65. The number of hydrogen-bond donors (Lipinski definition) is 2. The lowest BCUT2D eigenvalue weighted by Crippen LogP contribution is -2.36. The largest absolute Gasteiger partial charge is 0.375 e. The quantitative estimate of drug-likeness (QED) is 0.600. The summed E-state index contributed by atoms with van der Waals surface area (Å²) in [5.74, 6) is 0.157. The van der Waals surface area contributed by atoms with Gasteiger partial charge in [0, 0.05) is 4.47 Å². The van der Waals surface area contributed by atoms with E-state index in [0.29, 0.717) is 13.2 Å². The van der Waals surface area contributed by atoms with Gasteiger partial charge in [0.15, 0.2) is 0 Å². The minimum atomic E-state index is -0.122. The van der Waals surface area contributed by atoms with Crippen molar-refractivity contribution in [3.8, 4) is 0 Å². The molecule has 1 aromatic carbocycles. The third kappa shape index (κ3) is 5.00. The summed E-state index contributed by atoms with van der Waals surface area (Å²) in [5.41, 5.74) is 3.35. The molecule has 0 aliphatic heterocycles. The number of halogens is 1. The molecule has 2 atom stereocenters. The van der Waals surface area contributed by atoms with E-state index in [1.807, 2.05) is 31.2 Å². The molecular formula is C13H18BrNO2. The highest BCUT2D eigenvalue weighted by atomic mass is 79.9. The van der Waals surface area contributed by atoms with Crippen molar-refractivity contribution in [2.45, 2.75) is 19.6 Å². The van der Waals surface area contributed by atoms with Crippen molar-refractivity contribution in [2.75, 3.05) is 6.61 Å². The number of nitrogens with one attached hydrogen (secondary N) is 1. The van der Waals surface area contributed by atoms with Crippen molar-refractivity contribution >= 4 is 15.9 Å². The Morgan fingerprint density at radius 1 is 1.47 bits per heavy atom. The summed E-state index contributed by atoms with van der Waals surface area (Å²) in [6.45, 7) is 6.65. The molecule has 0 aliphatic rings. The summed E-state index contributed by atoms with van der Waals surface area (Å²) < 4.78 is 6.60. The highest BCUT2D eigenvalue weighted by Gasteiger charge is 2.13. The molecule has 0 saturated carbocycles. The van der Waals surface area contributed by atoms with E-state index in [4.69, 9.17) is 9.94 Å². The van der Waals surface area contributed by atoms with Gasteiger partial charge in [0.2, 0.25) is 0 Å². The number of benzene rings is 1. The fraction of sp³-hybridized carbons (Fsp3) is 0.385. The standard InChI is InChI=1S/C13H18BrNO2/c1-3-10(2)13(15-16)9-17-8-11-4-6-12(14)7-5-11/h3-7,10,13,15-16H,1,8-9H2,2H3/t10-,13+/m0/s1. The van der Waals surface area contributed by atoms with E-state index in [-0.39, 0.29) is 12.0 Å². The second kappa shape index (κ2) is 7.61. The van der Waals surface area contributed by atoms with Crippen molar-refractivity contribution in [1.29, 1.82) is 0 Å². The maximum atomic E-state index is 8.98. The predicted molar refractivity (Wildman–Crippen MR) is 71.9 cm³/mol. The van der Waals surface area contributed by atoms with Crippen LogP contribution in [0.25, 0.3) is 0 Å². The van der Waals surface area contributed by atoms with Gasteiger partial charge >= 0.3 is 0 Å². The monoisotopic (exact) mass is 299 g/mol. The molecule has 94 valence electrons. The van der Waals surface area contributed by atoms with Crippen LogP contribution >= 0.6 is 15.9 Å². The Balaban J connectivity index is 2.36. The lowest BCUT2D eigenvalue weighted by atomic mass is 10.0. The van der Waals surface area contributed by atoms with Crippen molar-refractivity contribution in [1.82, 2.24) is 5.48 Å². The maximum Gasteiger partial charge on any atom is 0.0717 e. The molecule has 0 saturated heterocycles. The van der Waals surface area contributed by atoms with Gasteiger partial charge in [-0.3, -0.25) is 0 Å². The predicted octanol–water partition coefficient (Wildman–Crippen LogP) is 3.14. The van der Waals surface area contributed by atoms with E-state index < -0.39 is 0 Å². The van der Waals surface area contributed by atoms with Crippen LogP contribution in [-0.2, 0) is 11.3 Å². The normalized spacial score (nSPS) is 14.3. The van der Waals surface area contributed by atoms with E-state index in [1.165, 1.54) is 0 Å². The maximum absolute atomic E-state index is 8.98. The van der Waals surface area contributed by atoms with Crippen LogP contribution in [0.15, 0.2) is 41.4 Å². The van der Waals surface area contributed by atoms with Gasteiger partial charge in [0.1, 0.15) is 0 Å². The molecule has 0 radical (unpaired) electrons. The van der Waals surface area contributed by atoms with Gasteiger partial charge in [-0.1, -0.05) is 41.1 Å². The summed E-state index contributed by atoms with van der Waals surface area (Å²) in [6.07, 6.45) is 1.79. The van der Waals surface area contributed by atoms with Crippen LogP contribution in [0.3, 0.4) is 0 Å². The molecule has 0 fully saturated rings. The third-order valence-corrected chi connectivity index (χ3v) is 3.18. The number of hydroxylamine groups is 1. The first-order valence-corrected chi connectivity index (χ1v) is 6.31. The van der Waals surface area contributed by atoms with Gasteiger partial charge in [0.25, 0.3) is 0 Å². The molecule has 0 aromatic heterocycles. The van der Waals surface area contributed by atoms with Crippen LogP contribution in [0.5, 0.6) is 0 Å². The highest BCUT2D eigenvalue weighted by Crippen LogP contribution is 2.12. The zero-order valence-corrected chi connectivity index (χ0v) is 11.5. The molecule has 0 amide bonds. The summed E-state index contributed by atoms with van der Waals surface area (Å²) in [7, 11) is 0. The number of rotatable bonds is 7. The highest BCUT2D eigenvalue weighted by molar-refractivity contribution is 9.10. The SMILES string of the molecule is C=C[C@H](C)[C@@H](COCc1ccc(Br)cc1)NO. The Morgan fingerprint density at radius 3 is 2.65 bits per heavy atom. The minimum absolute atomic E-state index is 0.122. The molecule has 0 bridgehead atoms. The summed E-state index contributed by atoms with van der Waals surface area (Å²) in [6, 6.07) is 7.84. The van der Waals surface area contributed by atoms with Gasteiger partial charge < -0.3 is 9.94 Å². The Hall–Kier alpha value is -0.680. The average Bonchev–Trinajstić information content (AvgIpc) is 2.36. The molecule has 0 unspecified atom stereocenters. The number of hydrogen-bond acceptors (Lipinski definition) is 3. The van der Waals surface area contributed by atoms with Crippen molar-refractivity contribution in [2.24, 2.45) is 5.92 Å². The van der Waals surface area contributed by atoms with Gasteiger partial charge in [-0.05, 0) is 23.6 Å². The zero-order chi connectivity index (χ0) is 12.7. The second-order valence-corrected chi connectivity index (χ2v) is 4.89. The first-order valence-electron chi connectivity index (χ1n) is 5.51. The van der Waals surface area contributed by atoms with Crippen LogP contribution in [0.1, 0.15) is 12.5 Å². The smallest absolute Gasteiger partial charge is 0.0717 e.